The molecular formula is C19H23N3O6S. The molecule has 1 amide bonds. The molecule has 0 spiro atoms. The number of benzene rings is 1. The zero-order valence-electron chi connectivity index (χ0n) is 16.4. The monoisotopic (exact) mass is 421 g/mol. The molecule has 2 aromatic rings. The summed E-state index contributed by atoms with van der Waals surface area (Å²) in [6.45, 7) is 4.70. The van der Waals surface area contributed by atoms with Crippen LogP contribution < -0.4 is 5.32 Å². The van der Waals surface area contributed by atoms with Gasteiger partial charge in [-0.05, 0) is 31.9 Å². The quantitative estimate of drug-likeness (QED) is 0.704. The van der Waals surface area contributed by atoms with Gasteiger partial charge in [-0.1, -0.05) is 29.4 Å². The first-order chi connectivity index (χ1) is 13.7. The van der Waals surface area contributed by atoms with Gasteiger partial charge in [0, 0.05) is 19.0 Å². The number of carbonyl (C=O) groups is 2. The van der Waals surface area contributed by atoms with E-state index in [1.807, 2.05) is 24.3 Å². The van der Waals surface area contributed by atoms with Crippen molar-refractivity contribution in [1.82, 2.24) is 9.46 Å². The van der Waals surface area contributed by atoms with Gasteiger partial charge in [-0.2, -0.15) is 4.31 Å². The summed E-state index contributed by atoms with van der Waals surface area (Å²) in [7, 11) is -3.65. The average Bonchev–Trinajstić information content (AvgIpc) is 3.11. The summed E-state index contributed by atoms with van der Waals surface area (Å²) in [5.74, 6) is -0.771. The van der Waals surface area contributed by atoms with E-state index in [2.05, 4.69) is 10.5 Å². The number of nitrogens with one attached hydrogen (secondary N) is 1. The maximum absolute atomic E-state index is 12.8. The third-order valence-corrected chi connectivity index (χ3v) is 6.57. The Morgan fingerprint density at radius 3 is 2.66 bits per heavy atom. The van der Waals surface area contributed by atoms with Gasteiger partial charge >= 0.3 is 5.97 Å². The molecule has 0 saturated carbocycles. The van der Waals surface area contributed by atoms with Crippen LogP contribution in [-0.4, -0.2) is 47.7 Å². The van der Waals surface area contributed by atoms with Crippen molar-refractivity contribution in [2.75, 3.05) is 11.1 Å². The van der Waals surface area contributed by atoms with E-state index in [-0.39, 0.29) is 24.5 Å². The minimum absolute atomic E-state index is 0.0882. The van der Waals surface area contributed by atoms with E-state index < -0.39 is 34.0 Å². The molecule has 2 heterocycles. The SMILES string of the molecule is CCS(=O)(=O)N1Cc2ccccc2C[C@H]1C(=O)O[C@@H](C)C(=O)Nc1cc(C)on1. The molecule has 0 unspecified atom stereocenters. The molecule has 29 heavy (non-hydrogen) atoms. The second kappa shape index (κ2) is 8.34. The molecular weight excluding hydrogens is 398 g/mol. The smallest absolute Gasteiger partial charge is 0.325 e. The van der Waals surface area contributed by atoms with Crippen molar-refractivity contribution in [1.29, 1.82) is 0 Å². The maximum atomic E-state index is 12.8. The first kappa shape index (κ1) is 21.0. The highest BCUT2D eigenvalue weighted by molar-refractivity contribution is 7.89. The van der Waals surface area contributed by atoms with Crippen molar-refractivity contribution in [2.24, 2.45) is 0 Å². The number of ether oxygens (including phenoxy) is 1. The highest BCUT2D eigenvalue weighted by atomic mass is 32.2. The fourth-order valence-electron chi connectivity index (χ4n) is 3.12. The van der Waals surface area contributed by atoms with Crippen molar-refractivity contribution < 1.29 is 27.3 Å². The Morgan fingerprint density at radius 2 is 2.03 bits per heavy atom. The Bertz CT molecular complexity index is 1020. The molecule has 3 rings (SSSR count). The second-order valence-corrected chi connectivity index (χ2v) is 9.04. The molecule has 9 nitrogen and oxygen atoms in total. The molecule has 0 saturated heterocycles. The highest BCUT2D eigenvalue weighted by Gasteiger charge is 2.39. The fraction of sp³-hybridized carbons (Fsp3) is 0.421. The fourth-order valence-corrected chi connectivity index (χ4v) is 4.33. The van der Waals surface area contributed by atoms with Crippen LogP contribution >= 0.6 is 0 Å². The minimum Gasteiger partial charge on any atom is -0.451 e. The van der Waals surface area contributed by atoms with Crippen LogP contribution in [0.3, 0.4) is 0 Å². The molecule has 0 bridgehead atoms. The third kappa shape index (κ3) is 4.65. The average molecular weight is 421 g/mol. The predicted molar refractivity (Wildman–Crippen MR) is 104 cm³/mol. The van der Waals surface area contributed by atoms with Gasteiger partial charge < -0.3 is 14.6 Å². The second-order valence-electron chi connectivity index (χ2n) is 6.83. The Balaban J connectivity index is 1.75. The summed E-state index contributed by atoms with van der Waals surface area (Å²) in [5.41, 5.74) is 1.73. The Kier molecular flexibility index (Phi) is 6.04. The van der Waals surface area contributed by atoms with Crippen molar-refractivity contribution in [2.45, 2.75) is 45.9 Å². The number of rotatable bonds is 6. The number of anilines is 1. The number of sulfonamides is 1. The van der Waals surface area contributed by atoms with Gasteiger partial charge in [0.15, 0.2) is 11.9 Å². The van der Waals surface area contributed by atoms with Crippen molar-refractivity contribution in [3.63, 3.8) is 0 Å². The van der Waals surface area contributed by atoms with E-state index in [4.69, 9.17) is 9.26 Å². The van der Waals surface area contributed by atoms with Crippen LogP contribution in [-0.2, 0) is 37.3 Å². The van der Waals surface area contributed by atoms with Crippen LogP contribution in [0.1, 0.15) is 30.7 Å². The highest BCUT2D eigenvalue weighted by Crippen LogP contribution is 2.27. The number of hydrogen-bond acceptors (Lipinski definition) is 7. The number of aryl methyl sites for hydroxylation is 1. The number of carbonyl (C=O) groups excluding carboxylic acids is 2. The lowest BCUT2D eigenvalue weighted by atomic mass is 9.96. The molecule has 1 aromatic carbocycles. The van der Waals surface area contributed by atoms with Crippen LogP contribution in [0.4, 0.5) is 5.82 Å². The summed E-state index contributed by atoms with van der Waals surface area (Å²) >= 11 is 0. The van der Waals surface area contributed by atoms with Gasteiger partial charge in [0.2, 0.25) is 10.0 Å². The van der Waals surface area contributed by atoms with Gasteiger partial charge in [0.1, 0.15) is 11.8 Å². The van der Waals surface area contributed by atoms with E-state index in [1.54, 1.807) is 6.92 Å². The van der Waals surface area contributed by atoms with Crippen molar-refractivity contribution in [3.8, 4) is 0 Å². The normalized spacial score (nSPS) is 18.0. The lowest BCUT2D eigenvalue weighted by Crippen LogP contribution is -2.50. The molecule has 0 radical (unpaired) electrons. The van der Waals surface area contributed by atoms with Gasteiger partial charge in [-0.25, -0.2) is 8.42 Å². The summed E-state index contributed by atoms with van der Waals surface area (Å²) in [4.78, 5) is 25.1. The van der Waals surface area contributed by atoms with Crippen molar-refractivity contribution >= 4 is 27.7 Å². The Morgan fingerprint density at radius 1 is 1.34 bits per heavy atom. The molecule has 0 fully saturated rings. The first-order valence-electron chi connectivity index (χ1n) is 9.22. The van der Waals surface area contributed by atoms with Gasteiger partial charge in [0.05, 0.1) is 5.75 Å². The maximum Gasteiger partial charge on any atom is 0.325 e. The van der Waals surface area contributed by atoms with Gasteiger partial charge in [0.25, 0.3) is 5.91 Å². The number of amides is 1. The molecule has 156 valence electrons. The van der Waals surface area contributed by atoms with E-state index in [0.29, 0.717) is 5.76 Å². The first-order valence-corrected chi connectivity index (χ1v) is 10.8. The Labute approximate surface area is 169 Å². The number of nitrogens with zero attached hydrogens (tertiary/aromatic N) is 2. The van der Waals surface area contributed by atoms with Crippen LogP contribution in [0.25, 0.3) is 0 Å². The lowest BCUT2D eigenvalue weighted by molar-refractivity contribution is -0.157. The van der Waals surface area contributed by atoms with Gasteiger partial charge in [-0.15, -0.1) is 0 Å². The molecule has 1 aromatic heterocycles. The van der Waals surface area contributed by atoms with Crippen LogP contribution in [0.5, 0.6) is 0 Å². The molecule has 1 aliphatic heterocycles. The minimum atomic E-state index is -3.65. The summed E-state index contributed by atoms with van der Waals surface area (Å²) in [6, 6.07) is 7.85. The number of aromatic nitrogens is 1. The predicted octanol–water partition coefficient (Wildman–Crippen LogP) is 1.63. The lowest BCUT2D eigenvalue weighted by Gasteiger charge is -2.34. The topological polar surface area (TPSA) is 119 Å². The number of hydrogen-bond donors (Lipinski definition) is 1. The summed E-state index contributed by atoms with van der Waals surface area (Å²) in [5, 5.41) is 6.14. The molecule has 1 N–H and O–H groups in total. The number of esters is 1. The van der Waals surface area contributed by atoms with E-state index in [1.165, 1.54) is 19.9 Å². The summed E-state index contributed by atoms with van der Waals surface area (Å²) in [6.07, 6.45) is -0.951. The standard InChI is InChI=1S/C19H23N3O6S/c1-4-29(25,26)22-11-15-8-6-5-7-14(15)10-16(22)19(24)27-13(3)18(23)20-17-9-12(2)28-21-17/h5-9,13,16H,4,10-11H2,1-3H3,(H,20,21,23)/t13-,16-/m0/s1. The molecule has 10 heteroatoms. The van der Waals surface area contributed by atoms with Gasteiger partial charge in [-0.3, -0.25) is 9.59 Å². The van der Waals surface area contributed by atoms with Crippen LogP contribution in [0.2, 0.25) is 0 Å². The molecule has 2 atom stereocenters. The van der Waals surface area contributed by atoms with Crippen molar-refractivity contribution in [3.05, 3.63) is 47.2 Å². The van der Waals surface area contributed by atoms with E-state index in [0.717, 1.165) is 15.4 Å². The summed E-state index contributed by atoms with van der Waals surface area (Å²) < 4.78 is 36.5. The molecule has 0 aliphatic carbocycles. The van der Waals surface area contributed by atoms with Crippen LogP contribution in [0.15, 0.2) is 34.9 Å². The third-order valence-electron chi connectivity index (χ3n) is 4.74. The Hall–Kier alpha value is -2.72. The van der Waals surface area contributed by atoms with Crippen LogP contribution in [0, 0.1) is 6.92 Å². The number of fused-ring (bicyclic) bond motifs is 1. The zero-order valence-corrected chi connectivity index (χ0v) is 17.2. The largest absolute Gasteiger partial charge is 0.451 e. The zero-order chi connectivity index (χ0) is 21.2. The van der Waals surface area contributed by atoms with E-state index in [9.17, 15) is 18.0 Å². The molecule has 1 aliphatic rings. The van der Waals surface area contributed by atoms with E-state index >= 15 is 0 Å².